The zero-order valence-electron chi connectivity index (χ0n) is 3.67. The molecule has 0 radical (unpaired) electrons. The second-order valence-electron chi connectivity index (χ2n) is 0.744. The van der Waals surface area contributed by atoms with E-state index in [4.69, 9.17) is 0 Å². The molecule has 0 aromatic rings. The van der Waals surface area contributed by atoms with E-state index in [2.05, 4.69) is 4.94 Å². The van der Waals surface area contributed by atoms with E-state index < -0.39 is 11.3 Å². The van der Waals surface area contributed by atoms with E-state index >= 15 is 0 Å². The molecule has 0 fully saturated rings. The van der Waals surface area contributed by atoms with E-state index in [1.165, 1.54) is 0 Å². The Kier molecular flexibility index (Phi) is 4.19. The fraction of sp³-hybridized carbons (Fsp3) is 0. The summed E-state index contributed by atoms with van der Waals surface area (Å²) in [5.41, 5.74) is 0. The molecule has 0 rings (SSSR count). The first-order chi connectivity index (χ1) is 3.77. The molecule has 6 heteroatoms. The molecule has 0 aromatic heterocycles. The molecule has 0 heterocycles. The van der Waals surface area contributed by atoms with Crippen LogP contribution in [0.1, 0.15) is 0 Å². The van der Waals surface area contributed by atoms with Gasteiger partial charge in [-0.1, -0.05) is 0 Å². The molecule has 8 heavy (non-hydrogen) atoms. The van der Waals surface area contributed by atoms with Crippen molar-refractivity contribution in [3.05, 3.63) is 12.5 Å². The molecular formula is C2H3FNO3S-. The molecule has 0 amide bonds. The van der Waals surface area contributed by atoms with Crippen LogP contribution in [-0.2, 0) is 16.2 Å². The van der Waals surface area contributed by atoms with Crippen LogP contribution in [0.4, 0.5) is 4.53 Å². The predicted molar refractivity (Wildman–Crippen MR) is 23.4 cm³/mol. The van der Waals surface area contributed by atoms with Gasteiger partial charge in [-0.05, 0) is 0 Å². The van der Waals surface area contributed by atoms with E-state index in [0.717, 1.165) is 6.20 Å². The zero-order chi connectivity index (χ0) is 6.41. The minimum absolute atomic E-state index is 0.551. The molecular weight excluding hydrogens is 137 g/mol. The van der Waals surface area contributed by atoms with Gasteiger partial charge >= 0.3 is 0 Å². The number of halogens is 1. The van der Waals surface area contributed by atoms with Crippen LogP contribution in [0.5, 0.6) is 0 Å². The van der Waals surface area contributed by atoms with Crippen LogP contribution in [0.3, 0.4) is 0 Å². The molecule has 0 aromatic carbocycles. The molecule has 4 nitrogen and oxygen atoms in total. The second kappa shape index (κ2) is 4.54. The zero-order valence-corrected chi connectivity index (χ0v) is 4.48. The highest BCUT2D eigenvalue weighted by atomic mass is 32.2. The third-order valence-electron chi connectivity index (χ3n) is 0.284. The fourth-order valence-electron chi connectivity index (χ4n) is 0.109. The van der Waals surface area contributed by atoms with Crippen molar-refractivity contribution in [2.45, 2.75) is 0 Å². The van der Waals surface area contributed by atoms with E-state index in [1.807, 2.05) is 0 Å². The summed E-state index contributed by atoms with van der Waals surface area (Å²) >= 11 is -2.40. The van der Waals surface area contributed by atoms with Crippen molar-refractivity contribution in [1.29, 1.82) is 0 Å². The molecule has 0 spiro atoms. The average molecular weight is 140 g/mol. The lowest BCUT2D eigenvalue weighted by Crippen LogP contribution is -2.07. The SMILES string of the molecule is O=S([O-])NC=COF. The molecule has 1 N–H and O–H groups in total. The third kappa shape index (κ3) is 5.38. The van der Waals surface area contributed by atoms with Crippen molar-refractivity contribution in [3.8, 4) is 0 Å². The molecule has 0 bridgehead atoms. The average Bonchev–Trinajstić information content (AvgIpc) is 1.66. The van der Waals surface area contributed by atoms with Crippen LogP contribution >= 0.6 is 0 Å². The number of hydrogen-bond donors (Lipinski definition) is 1. The van der Waals surface area contributed by atoms with Gasteiger partial charge in [0, 0.05) is 22.0 Å². The van der Waals surface area contributed by atoms with Gasteiger partial charge in [-0.15, -0.1) is 0 Å². The summed E-state index contributed by atoms with van der Waals surface area (Å²) in [6.45, 7) is 0. The lowest BCUT2D eigenvalue weighted by atomic mass is 11.0. The minimum Gasteiger partial charge on any atom is -0.755 e. The van der Waals surface area contributed by atoms with Gasteiger partial charge in [0.05, 0.1) is 0 Å². The topological polar surface area (TPSA) is 61.4 Å². The van der Waals surface area contributed by atoms with E-state index in [-0.39, 0.29) is 0 Å². The van der Waals surface area contributed by atoms with Crippen LogP contribution in [0.2, 0.25) is 0 Å². The first kappa shape index (κ1) is 7.38. The van der Waals surface area contributed by atoms with Crippen molar-refractivity contribution >= 4 is 11.3 Å². The number of hydrogen-bond acceptors (Lipinski definition) is 3. The van der Waals surface area contributed by atoms with Gasteiger partial charge in [-0.2, -0.15) is 0 Å². The highest BCUT2D eigenvalue weighted by Gasteiger charge is 1.69. The van der Waals surface area contributed by atoms with Crippen LogP contribution < -0.4 is 4.72 Å². The van der Waals surface area contributed by atoms with Crippen LogP contribution in [-0.4, -0.2) is 8.76 Å². The van der Waals surface area contributed by atoms with Gasteiger partial charge in [0.25, 0.3) is 0 Å². The summed E-state index contributed by atoms with van der Waals surface area (Å²) in [6, 6.07) is 0. The van der Waals surface area contributed by atoms with Gasteiger partial charge < -0.3 is 14.2 Å². The summed E-state index contributed by atoms with van der Waals surface area (Å²) in [5, 5.41) is 0. The van der Waals surface area contributed by atoms with Crippen LogP contribution in [0.25, 0.3) is 0 Å². The van der Waals surface area contributed by atoms with Crippen LogP contribution in [0, 0.1) is 0 Å². The maximum atomic E-state index is 10.6. The Labute approximate surface area is 47.7 Å². The molecule has 0 aliphatic carbocycles. The van der Waals surface area contributed by atoms with E-state index in [9.17, 15) is 13.3 Å². The first-order valence-corrected chi connectivity index (χ1v) is 2.62. The van der Waals surface area contributed by atoms with Gasteiger partial charge in [-0.3, -0.25) is 4.21 Å². The standard InChI is InChI=1S/C2H4FNO3S/c3-7-2-1-4-8(5)6/h1-2,4H,(H,5,6)/p-1. The monoisotopic (exact) mass is 140 g/mol. The Morgan fingerprint density at radius 3 is 2.88 bits per heavy atom. The van der Waals surface area contributed by atoms with Crippen molar-refractivity contribution in [1.82, 2.24) is 4.72 Å². The van der Waals surface area contributed by atoms with Crippen molar-refractivity contribution in [2.75, 3.05) is 0 Å². The molecule has 0 saturated carbocycles. The van der Waals surface area contributed by atoms with E-state index in [0.29, 0.717) is 6.26 Å². The highest BCUT2D eigenvalue weighted by molar-refractivity contribution is 7.77. The van der Waals surface area contributed by atoms with Crippen molar-refractivity contribution < 1.29 is 18.2 Å². The Balaban J connectivity index is 3.16. The molecule has 1 unspecified atom stereocenters. The van der Waals surface area contributed by atoms with Crippen LogP contribution in [0.15, 0.2) is 12.5 Å². The number of rotatable bonds is 3. The largest absolute Gasteiger partial charge is 0.755 e. The maximum Gasteiger partial charge on any atom is 0.152 e. The second-order valence-corrected chi connectivity index (χ2v) is 1.45. The lowest BCUT2D eigenvalue weighted by molar-refractivity contribution is -0.0621. The van der Waals surface area contributed by atoms with Gasteiger partial charge in [-0.25, -0.2) is 0 Å². The van der Waals surface area contributed by atoms with E-state index in [1.54, 1.807) is 4.72 Å². The molecule has 1 atom stereocenters. The summed E-state index contributed by atoms with van der Waals surface area (Å²) in [7, 11) is 0. The third-order valence-corrected chi connectivity index (χ3v) is 0.612. The van der Waals surface area contributed by atoms with Gasteiger partial charge in [0.1, 0.15) is 0 Å². The van der Waals surface area contributed by atoms with Crippen molar-refractivity contribution in [3.63, 3.8) is 0 Å². The summed E-state index contributed by atoms with van der Waals surface area (Å²) in [6.07, 6.45) is 1.35. The Bertz CT molecular complexity index is 105. The Hall–Kier alpha value is -0.620. The predicted octanol–water partition coefficient (Wildman–Crippen LogP) is -0.258. The highest BCUT2D eigenvalue weighted by Crippen LogP contribution is 1.72. The fourth-order valence-corrected chi connectivity index (χ4v) is 0.276. The van der Waals surface area contributed by atoms with Crippen molar-refractivity contribution in [2.24, 2.45) is 0 Å². The maximum absolute atomic E-state index is 10.6. The smallest absolute Gasteiger partial charge is 0.152 e. The molecule has 48 valence electrons. The molecule has 0 saturated heterocycles. The quantitative estimate of drug-likeness (QED) is 0.434. The summed E-state index contributed by atoms with van der Waals surface area (Å²) in [5.74, 6) is 0. The summed E-state index contributed by atoms with van der Waals surface area (Å²) in [4.78, 5) is 2.88. The molecule has 0 aliphatic heterocycles. The number of nitrogens with one attached hydrogen (secondary N) is 1. The minimum atomic E-state index is -2.40. The lowest BCUT2D eigenvalue weighted by Gasteiger charge is -1.99. The van der Waals surface area contributed by atoms with Gasteiger partial charge in [0.15, 0.2) is 6.26 Å². The summed E-state index contributed by atoms with van der Waals surface area (Å²) < 4.78 is 31.4. The first-order valence-electron chi connectivity index (χ1n) is 1.55. The Morgan fingerprint density at radius 2 is 2.50 bits per heavy atom. The van der Waals surface area contributed by atoms with Gasteiger partial charge in [0.2, 0.25) is 0 Å². The Morgan fingerprint density at radius 1 is 1.88 bits per heavy atom. The molecule has 0 aliphatic rings. The normalized spacial score (nSPS) is 13.8.